The van der Waals surface area contributed by atoms with Crippen LogP contribution in [0.15, 0.2) is 0 Å². The van der Waals surface area contributed by atoms with Gasteiger partial charge in [0.15, 0.2) is 0 Å². The lowest BCUT2D eigenvalue weighted by Gasteiger charge is -2.50. The molecule has 2 saturated heterocycles. The Morgan fingerprint density at radius 2 is 1.97 bits per heavy atom. The fourth-order valence-electron chi connectivity index (χ4n) is 6.72. The van der Waals surface area contributed by atoms with Gasteiger partial charge in [0.1, 0.15) is 0 Å². The van der Waals surface area contributed by atoms with Gasteiger partial charge in [-0.1, -0.05) is 6.42 Å². The van der Waals surface area contributed by atoms with Gasteiger partial charge in [-0.25, -0.2) is 0 Å². The van der Waals surface area contributed by atoms with Crippen LogP contribution in [0.1, 0.15) is 65.2 Å². The zero-order valence-electron chi connectivity index (χ0n) is 21.3. The first-order valence-electron chi connectivity index (χ1n) is 13.7. The molecule has 2 saturated carbocycles. The molecule has 35 heavy (non-hydrogen) atoms. The minimum absolute atomic E-state index is 0.00426. The number of ether oxygens (including phenoxy) is 2. The van der Waals surface area contributed by atoms with Crippen molar-refractivity contribution in [1.82, 2.24) is 21.3 Å². The third-order valence-corrected chi connectivity index (χ3v) is 8.93. The molecule has 0 aromatic heterocycles. The molecule has 10 atom stereocenters. The summed E-state index contributed by atoms with van der Waals surface area (Å²) in [7, 11) is 0. The number of nitriles is 1. The van der Waals surface area contributed by atoms with Crippen LogP contribution < -0.4 is 21.3 Å². The second-order valence-electron chi connectivity index (χ2n) is 10.9. The topological polar surface area (TPSA) is 107 Å². The lowest BCUT2D eigenvalue weighted by molar-refractivity contribution is -0.122. The number of nitrogens with zero attached hydrogens (tertiary/aromatic N) is 1. The molecule has 4 rings (SSSR count). The van der Waals surface area contributed by atoms with Gasteiger partial charge in [0.05, 0.1) is 42.2 Å². The number of hydrogen-bond donors (Lipinski definition) is 4. The second-order valence-corrected chi connectivity index (χ2v) is 11.5. The molecule has 2 heterocycles. The van der Waals surface area contributed by atoms with Crippen LogP contribution in [0, 0.1) is 23.2 Å². The largest absolute Gasteiger partial charge is 0.376 e. The fraction of sp³-hybridized carbons (Fsp3) is 0.923. The van der Waals surface area contributed by atoms with Crippen molar-refractivity contribution in [2.24, 2.45) is 11.8 Å². The van der Waals surface area contributed by atoms with Crippen LogP contribution in [-0.2, 0) is 14.3 Å². The van der Waals surface area contributed by atoms with Crippen LogP contribution in [0.25, 0.3) is 0 Å². The van der Waals surface area contributed by atoms with E-state index in [0.29, 0.717) is 19.2 Å². The van der Waals surface area contributed by atoms with E-state index < -0.39 is 0 Å². The molecule has 0 bridgehead atoms. The summed E-state index contributed by atoms with van der Waals surface area (Å²) < 4.78 is 12.2. The molecule has 8 nitrogen and oxygen atoms in total. The Balaban J connectivity index is 1.35. The number of nitrogens with one attached hydrogen (secondary N) is 4. The van der Waals surface area contributed by atoms with Crippen LogP contribution in [0.4, 0.5) is 0 Å². The summed E-state index contributed by atoms with van der Waals surface area (Å²) in [5.41, 5.74) is 0. The number of halogens is 1. The number of carbonyl (C=O) groups excluding carboxylic acids is 1. The Labute approximate surface area is 215 Å². The standard InChI is InChI=1S/C26H44ClN5O3/c1-3-34-25-12-22-20(11-23(25)31-16(2)33)26(17(13-28)14-30-22)32-18-7-8-24(21(27)10-18)35-15-19-6-4-5-9-29-19/h17-26,29-30,32H,3-12,14-15H2,1-2H3,(H,31,33). The molecule has 0 aromatic rings. The number of carbonyl (C=O) groups is 1. The molecule has 4 aliphatic rings. The molecule has 2 aliphatic heterocycles. The number of fused-ring (bicyclic) bond motifs is 1. The zero-order chi connectivity index (χ0) is 24.8. The normalized spacial score (nSPS) is 42.0. The molecule has 0 spiro atoms. The summed E-state index contributed by atoms with van der Waals surface area (Å²) in [6, 6.07) is 3.57. The van der Waals surface area contributed by atoms with Crippen molar-refractivity contribution in [2.45, 2.75) is 113 Å². The summed E-state index contributed by atoms with van der Waals surface area (Å²) in [5, 5.41) is 24.1. The van der Waals surface area contributed by atoms with Crippen LogP contribution in [0.5, 0.6) is 0 Å². The molecule has 0 aromatic carbocycles. The van der Waals surface area contributed by atoms with Gasteiger partial charge in [-0.2, -0.15) is 5.26 Å². The van der Waals surface area contributed by atoms with E-state index >= 15 is 0 Å². The van der Waals surface area contributed by atoms with Crippen LogP contribution >= 0.6 is 11.6 Å². The number of rotatable bonds is 8. The summed E-state index contributed by atoms with van der Waals surface area (Å²) in [6.07, 6.45) is 8.23. The number of alkyl halides is 1. The molecule has 198 valence electrons. The van der Waals surface area contributed by atoms with E-state index in [1.165, 1.54) is 19.3 Å². The lowest BCUT2D eigenvalue weighted by Crippen LogP contribution is -2.66. The van der Waals surface area contributed by atoms with Gasteiger partial charge < -0.3 is 30.7 Å². The predicted octanol–water partition coefficient (Wildman–Crippen LogP) is 2.06. The molecule has 1 amide bonds. The minimum Gasteiger partial charge on any atom is -0.376 e. The summed E-state index contributed by atoms with van der Waals surface area (Å²) in [4.78, 5) is 11.9. The van der Waals surface area contributed by atoms with Crippen molar-refractivity contribution in [3.63, 3.8) is 0 Å². The Bertz CT molecular complexity index is 730. The molecule has 0 radical (unpaired) electrons. The highest BCUT2D eigenvalue weighted by Gasteiger charge is 2.47. The first-order chi connectivity index (χ1) is 17.0. The van der Waals surface area contributed by atoms with Gasteiger partial charge in [-0.3, -0.25) is 4.79 Å². The number of piperidine rings is 2. The quantitative estimate of drug-likeness (QED) is 0.371. The molecule has 9 heteroatoms. The fourth-order valence-corrected chi connectivity index (χ4v) is 7.13. The van der Waals surface area contributed by atoms with Gasteiger partial charge in [0, 0.05) is 44.2 Å². The van der Waals surface area contributed by atoms with E-state index in [1.807, 2.05) is 6.92 Å². The van der Waals surface area contributed by atoms with Crippen molar-refractivity contribution >= 4 is 17.5 Å². The van der Waals surface area contributed by atoms with Crippen molar-refractivity contribution in [1.29, 1.82) is 5.26 Å². The molecular formula is C26H44ClN5O3. The molecule has 10 unspecified atom stereocenters. The average molecular weight is 510 g/mol. The lowest BCUT2D eigenvalue weighted by atomic mass is 9.69. The second kappa shape index (κ2) is 13.0. The van der Waals surface area contributed by atoms with Crippen molar-refractivity contribution in [3.8, 4) is 6.07 Å². The van der Waals surface area contributed by atoms with Crippen molar-refractivity contribution < 1.29 is 14.3 Å². The van der Waals surface area contributed by atoms with Gasteiger partial charge in [-0.15, -0.1) is 11.6 Å². The van der Waals surface area contributed by atoms with E-state index in [4.69, 9.17) is 21.1 Å². The maximum absolute atomic E-state index is 11.9. The highest BCUT2D eigenvalue weighted by atomic mass is 35.5. The Morgan fingerprint density at radius 1 is 1.11 bits per heavy atom. The van der Waals surface area contributed by atoms with Gasteiger partial charge in [0.25, 0.3) is 0 Å². The van der Waals surface area contributed by atoms with E-state index in [2.05, 4.69) is 27.3 Å². The van der Waals surface area contributed by atoms with Crippen molar-refractivity contribution in [3.05, 3.63) is 0 Å². The highest BCUT2D eigenvalue weighted by molar-refractivity contribution is 6.21. The van der Waals surface area contributed by atoms with Gasteiger partial charge in [-0.05, 0) is 64.3 Å². The highest BCUT2D eigenvalue weighted by Crippen LogP contribution is 2.36. The predicted molar refractivity (Wildman–Crippen MR) is 136 cm³/mol. The third-order valence-electron chi connectivity index (χ3n) is 8.47. The summed E-state index contributed by atoms with van der Waals surface area (Å²) in [5.74, 6) is 0.107. The van der Waals surface area contributed by atoms with Crippen LogP contribution in [0.3, 0.4) is 0 Å². The molecule has 4 fully saturated rings. The van der Waals surface area contributed by atoms with E-state index in [-0.39, 0.29) is 59.5 Å². The molecule has 4 N–H and O–H groups in total. The first kappa shape index (κ1) is 27.1. The van der Waals surface area contributed by atoms with Crippen LogP contribution in [0.2, 0.25) is 0 Å². The van der Waals surface area contributed by atoms with Crippen LogP contribution in [-0.4, -0.2) is 80.0 Å². The van der Waals surface area contributed by atoms with E-state index in [1.54, 1.807) is 6.92 Å². The summed E-state index contributed by atoms with van der Waals surface area (Å²) >= 11 is 6.83. The Kier molecular flexibility index (Phi) is 10.1. The third kappa shape index (κ3) is 7.09. The maximum Gasteiger partial charge on any atom is 0.217 e. The first-order valence-corrected chi connectivity index (χ1v) is 14.2. The monoisotopic (exact) mass is 509 g/mol. The molecular weight excluding hydrogens is 466 g/mol. The van der Waals surface area contributed by atoms with E-state index in [0.717, 1.165) is 45.3 Å². The smallest absolute Gasteiger partial charge is 0.217 e. The summed E-state index contributed by atoms with van der Waals surface area (Å²) in [6.45, 7) is 6.69. The van der Waals surface area contributed by atoms with Crippen molar-refractivity contribution in [2.75, 3.05) is 26.3 Å². The van der Waals surface area contributed by atoms with Gasteiger partial charge in [0.2, 0.25) is 5.91 Å². The Hall–Kier alpha value is -0.950. The number of amides is 1. The SMILES string of the molecule is CCOC1CC2NCC(C#N)C(NC3CCC(OCC4CCCCN4)C(Cl)C3)C2CC1NC(C)=O. The molecule has 2 aliphatic carbocycles. The average Bonchev–Trinajstić information content (AvgIpc) is 2.85. The minimum atomic E-state index is -0.113. The zero-order valence-corrected chi connectivity index (χ0v) is 22.1. The number of hydrogen-bond acceptors (Lipinski definition) is 7. The van der Waals surface area contributed by atoms with Gasteiger partial charge >= 0.3 is 0 Å². The van der Waals surface area contributed by atoms with E-state index in [9.17, 15) is 10.1 Å². The maximum atomic E-state index is 11.9. The Morgan fingerprint density at radius 3 is 2.66 bits per heavy atom.